The number of furan rings is 1. The molecular weight excluding hydrogens is 326 g/mol. The zero-order valence-electron chi connectivity index (χ0n) is 15.7. The summed E-state index contributed by atoms with van der Waals surface area (Å²) < 4.78 is 5.46. The molecule has 5 heteroatoms. The molecule has 1 amide bonds. The lowest BCUT2D eigenvalue weighted by Gasteiger charge is -2.28. The molecule has 0 aliphatic rings. The van der Waals surface area contributed by atoms with E-state index in [4.69, 9.17) is 4.42 Å². The van der Waals surface area contributed by atoms with Gasteiger partial charge >= 0.3 is 0 Å². The van der Waals surface area contributed by atoms with E-state index in [2.05, 4.69) is 29.0 Å². The van der Waals surface area contributed by atoms with Crippen LogP contribution in [0.2, 0.25) is 0 Å². The highest BCUT2D eigenvalue weighted by Crippen LogP contribution is 2.25. The Bertz CT molecular complexity index is 899. The maximum Gasteiger partial charge on any atom is 0.252 e. The molecule has 2 aromatic heterocycles. The van der Waals surface area contributed by atoms with E-state index in [0.717, 1.165) is 17.4 Å². The van der Waals surface area contributed by atoms with Gasteiger partial charge in [-0.15, -0.1) is 0 Å². The number of para-hydroxylation sites is 1. The van der Waals surface area contributed by atoms with Crippen molar-refractivity contribution in [1.82, 2.24) is 15.2 Å². The third-order valence-electron chi connectivity index (χ3n) is 4.21. The average molecular weight is 351 g/mol. The Labute approximate surface area is 154 Å². The van der Waals surface area contributed by atoms with Gasteiger partial charge in [-0.3, -0.25) is 4.79 Å². The van der Waals surface area contributed by atoms with Crippen molar-refractivity contribution in [3.8, 4) is 11.5 Å². The second-order valence-electron chi connectivity index (χ2n) is 7.63. The second-order valence-corrected chi connectivity index (χ2v) is 7.63. The molecule has 2 heterocycles. The van der Waals surface area contributed by atoms with Gasteiger partial charge in [0.15, 0.2) is 5.76 Å². The van der Waals surface area contributed by atoms with Gasteiger partial charge in [-0.05, 0) is 43.8 Å². The topological polar surface area (TPSA) is 58.4 Å². The Kier molecular flexibility index (Phi) is 5.09. The minimum absolute atomic E-state index is 0.0220. The molecule has 0 aliphatic carbocycles. The van der Waals surface area contributed by atoms with Crippen LogP contribution in [0.25, 0.3) is 22.4 Å². The summed E-state index contributed by atoms with van der Waals surface area (Å²) in [6, 6.07) is 13.1. The number of aromatic nitrogens is 1. The molecule has 26 heavy (non-hydrogen) atoms. The third-order valence-corrected chi connectivity index (χ3v) is 4.21. The maximum absolute atomic E-state index is 12.9. The van der Waals surface area contributed by atoms with Crippen molar-refractivity contribution < 1.29 is 9.21 Å². The van der Waals surface area contributed by atoms with Crippen LogP contribution in [0.15, 0.2) is 53.1 Å². The Morgan fingerprint density at radius 2 is 1.96 bits per heavy atom. The summed E-state index contributed by atoms with van der Waals surface area (Å²) in [6.07, 6.45) is 1.61. The SMILES string of the molecule is CN(C)CC(C)(C)CNC(=O)c1cc(-c2ccco2)nc2ccccc12. The zero-order chi connectivity index (χ0) is 18.7. The largest absolute Gasteiger partial charge is 0.463 e. The Balaban J connectivity index is 1.92. The minimum atomic E-state index is -0.0942. The van der Waals surface area contributed by atoms with E-state index in [0.29, 0.717) is 23.6 Å². The first-order valence-corrected chi connectivity index (χ1v) is 8.72. The normalized spacial score (nSPS) is 11.9. The van der Waals surface area contributed by atoms with Crippen molar-refractivity contribution in [2.24, 2.45) is 5.41 Å². The summed E-state index contributed by atoms with van der Waals surface area (Å²) in [5.41, 5.74) is 2.03. The number of rotatable bonds is 6. The monoisotopic (exact) mass is 351 g/mol. The van der Waals surface area contributed by atoms with Crippen LogP contribution in [0, 0.1) is 5.41 Å². The second kappa shape index (κ2) is 7.30. The number of nitrogens with one attached hydrogen (secondary N) is 1. The van der Waals surface area contributed by atoms with E-state index in [9.17, 15) is 4.79 Å². The first kappa shape index (κ1) is 18.1. The smallest absolute Gasteiger partial charge is 0.252 e. The number of carbonyl (C=O) groups is 1. The summed E-state index contributed by atoms with van der Waals surface area (Å²) in [7, 11) is 4.07. The first-order valence-electron chi connectivity index (χ1n) is 8.72. The molecule has 0 aliphatic heterocycles. The zero-order valence-corrected chi connectivity index (χ0v) is 15.7. The molecule has 0 bridgehead atoms. The number of benzene rings is 1. The summed E-state index contributed by atoms with van der Waals surface area (Å²) >= 11 is 0. The number of amides is 1. The van der Waals surface area contributed by atoms with Crippen LogP contribution in [-0.4, -0.2) is 43.0 Å². The van der Waals surface area contributed by atoms with E-state index in [1.807, 2.05) is 50.5 Å². The van der Waals surface area contributed by atoms with Crippen LogP contribution in [0.3, 0.4) is 0 Å². The van der Waals surface area contributed by atoms with Gasteiger partial charge in [0.05, 0.1) is 17.3 Å². The van der Waals surface area contributed by atoms with E-state index in [-0.39, 0.29) is 11.3 Å². The molecular formula is C21H25N3O2. The standard InChI is InChI=1S/C21H25N3O2/c1-21(2,14-24(3)4)13-22-20(25)16-12-18(19-10-7-11-26-19)23-17-9-6-5-8-15(16)17/h5-12H,13-14H2,1-4H3,(H,22,25). The van der Waals surface area contributed by atoms with Gasteiger partial charge in [0, 0.05) is 18.5 Å². The van der Waals surface area contributed by atoms with Gasteiger partial charge in [0.2, 0.25) is 0 Å². The summed E-state index contributed by atoms with van der Waals surface area (Å²) in [5, 5.41) is 3.92. The minimum Gasteiger partial charge on any atom is -0.463 e. The van der Waals surface area contributed by atoms with Crippen LogP contribution < -0.4 is 5.32 Å². The molecule has 136 valence electrons. The van der Waals surface area contributed by atoms with E-state index in [1.165, 1.54) is 0 Å². The Morgan fingerprint density at radius 3 is 2.65 bits per heavy atom. The number of pyridine rings is 1. The van der Waals surface area contributed by atoms with Gasteiger partial charge in [-0.1, -0.05) is 32.0 Å². The van der Waals surface area contributed by atoms with Gasteiger partial charge in [0.1, 0.15) is 5.69 Å². The Hall–Kier alpha value is -2.66. The molecule has 0 saturated heterocycles. The highest BCUT2D eigenvalue weighted by molar-refractivity contribution is 6.07. The van der Waals surface area contributed by atoms with Crippen molar-refractivity contribution in [3.63, 3.8) is 0 Å². The van der Waals surface area contributed by atoms with Crippen molar-refractivity contribution in [2.45, 2.75) is 13.8 Å². The molecule has 0 spiro atoms. The molecule has 1 aromatic carbocycles. The molecule has 0 saturated carbocycles. The lowest BCUT2D eigenvalue weighted by molar-refractivity contribution is 0.0931. The molecule has 1 N–H and O–H groups in total. The van der Waals surface area contributed by atoms with Gasteiger partial charge in [-0.25, -0.2) is 4.98 Å². The van der Waals surface area contributed by atoms with Crippen molar-refractivity contribution in [3.05, 3.63) is 54.3 Å². The van der Waals surface area contributed by atoms with Crippen LogP contribution in [-0.2, 0) is 0 Å². The molecule has 3 rings (SSSR count). The predicted molar refractivity (Wildman–Crippen MR) is 104 cm³/mol. The van der Waals surface area contributed by atoms with E-state index >= 15 is 0 Å². The highest BCUT2D eigenvalue weighted by atomic mass is 16.3. The lowest BCUT2D eigenvalue weighted by Crippen LogP contribution is -2.40. The summed E-state index contributed by atoms with van der Waals surface area (Å²) in [6.45, 7) is 5.77. The fourth-order valence-electron chi connectivity index (χ4n) is 3.24. The van der Waals surface area contributed by atoms with Gasteiger partial charge in [0.25, 0.3) is 5.91 Å². The summed E-state index contributed by atoms with van der Waals surface area (Å²) in [4.78, 5) is 19.7. The first-order chi connectivity index (χ1) is 12.4. The van der Waals surface area contributed by atoms with Gasteiger partial charge < -0.3 is 14.6 Å². The molecule has 0 fully saturated rings. The average Bonchev–Trinajstić information content (AvgIpc) is 3.12. The third kappa shape index (κ3) is 4.11. The van der Waals surface area contributed by atoms with Crippen LogP contribution in [0.4, 0.5) is 0 Å². The maximum atomic E-state index is 12.9. The van der Waals surface area contributed by atoms with Crippen molar-refractivity contribution >= 4 is 16.8 Å². The quantitative estimate of drug-likeness (QED) is 0.734. The van der Waals surface area contributed by atoms with E-state index in [1.54, 1.807) is 12.3 Å². The molecule has 0 atom stereocenters. The van der Waals surface area contributed by atoms with Crippen molar-refractivity contribution in [2.75, 3.05) is 27.2 Å². The number of hydrogen-bond acceptors (Lipinski definition) is 4. The van der Waals surface area contributed by atoms with E-state index < -0.39 is 0 Å². The molecule has 3 aromatic rings. The van der Waals surface area contributed by atoms with Crippen molar-refractivity contribution in [1.29, 1.82) is 0 Å². The number of carbonyl (C=O) groups excluding carboxylic acids is 1. The van der Waals surface area contributed by atoms with Crippen LogP contribution >= 0.6 is 0 Å². The molecule has 0 unspecified atom stereocenters. The van der Waals surface area contributed by atoms with Crippen LogP contribution in [0.1, 0.15) is 24.2 Å². The number of fused-ring (bicyclic) bond motifs is 1. The fourth-order valence-corrected chi connectivity index (χ4v) is 3.24. The van der Waals surface area contributed by atoms with Crippen LogP contribution in [0.5, 0.6) is 0 Å². The lowest BCUT2D eigenvalue weighted by atomic mass is 9.92. The number of nitrogens with zero attached hydrogens (tertiary/aromatic N) is 2. The molecule has 0 radical (unpaired) electrons. The fraction of sp³-hybridized carbons (Fsp3) is 0.333. The highest BCUT2D eigenvalue weighted by Gasteiger charge is 2.21. The van der Waals surface area contributed by atoms with Gasteiger partial charge in [-0.2, -0.15) is 0 Å². The molecule has 5 nitrogen and oxygen atoms in total. The number of hydrogen-bond donors (Lipinski definition) is 1. The summed E-state index contributed by atoms with van der Waals surface area (Å²) in [5.74, 6) is 0.556. The predicted octanol–water partition coefficient (Wildman–Crippen LogP) is 3.81. The Morgan fingerprint density at radius 1 is 1.19 bits per heavy atom.